The molecular weight excluding hydrogens is 174 g/mol. The first-order valence-corrected chi connectivity index (χ1v) is 4.17. The smallest absolute Gasteiger partial charge is 0.315 e. The predicted octanol–water partition coefficient (Wildman–Crippen LogP) is -0.545. The SMILES string of the molecule is COC(=O)CC(=O)NCC1CCO1. The highest BCUT2D eigenvalue weighted by atomic mass is 16.5. The number of rotatable bonds is 4. The van der Waals surface area contributed by atoms with Crippen LogP contribution in [0.1, 0.15) is 12.8 Å². The maximum atomic E-state index is 11.0. The minimum atomic E-state index is -0.521. The average molecular weight is 187 g/mol. The Morgan fingerprint density at radius 2 is 2.31 bits per heavy atom. The lowest BCUT2D eigenvalue weighted by molar-refractivity contribution is -0.144. The van der Waals surface area contributed by atoms with Crippen molar-refractivity contribution in [1.82, 2.24) is 5.32 Å². The molecule has 0 aliphatic carbocycles. The molecule has 1 rings (SSSR count). The fourth-order valence-electron chi connectivity index (χ4n) is 0.939. The molecule has 1 amide bonds. The van der Waals surface area contributed by atoms with E-state index in [4.69, 9.17) is 4.74 Å². The zero-order chi connectivity index (χ0) is 9.68. The Hall–Kier alpha value is -1.10. The lowest BCUT2D eigenvalue weighted by atomic mass is 10.2. The molecule has 74 valence electrons. The molecule has 1 heterocycles. The van der Waals surface area contributed by atoms with Gasteiger partial charge in [-0.15, -0.1) is 0 Å². The van der Waals surface area contributed by atoms with Gasteiger partial charge in [0.05, 0.1) is 13.2 Å². The number of hydrogen-bond acceptors (Lipinski definition) is 4. The van der Waals surface area contributed by atoms with Crippen molar-refractivity contribution in [2.45, 2.75) is 18.9 Å². The molecule has 1 aliphatic rings. The van der Waals surface area contributed by atoms with Gasteiger partial charge in [-0.25, -0.2) is 0 Å². The summed E-state index contributed by atoms with van der Waals surface area (Å²) in [7, 11) is 1.25. The third-order valence-corrected chi connectivity index (χ3v) is 1.85. The summed E-state index contributed by atoms with van der Waals surface area (Å²) in [5.41, 5.74) is 0. The molecule has 13 heavy (non-hydrogen) atoms. The topological polar surface area (TPSA) is 64.6 Å². The van der Waals surface area contributed by atoms with Gasteiger partial charge in [0.25, 0.3) is 0 Å². The molecule has 1 fully saturated rings. The zero-order valence-corrected chi connectivity index (χ0v) is 7.54. The molecule has 1 N–H and O–H groups in total. The summed E-state index contributed by atoms with van der Waals surface area (Å²) in [6.07, 6.45) is 0.878. The Bertz CT molecular complexity index is 200. The van der Waals surface area contributed by atoms with Crippen LogP contribution in [0, 0.1) is 0 Å². The first-order chi connectivity index (χ1) is 6.22. The molecule has 0 aromatic heterocycles. The summed E-state index contributed by atoms with van der Waals surface area (Å²) in [6, 6.07) is 0. The van der Waals surface area contributed by atoms with E-state index in [9.17, 15) is 9.59 Å². The second kappa shape index (κ2) is 4.81. The van der Waals surface area contributed by atoms with Gasteiger partial charge >= 0.3 is 5.97 Å². The van der Waals surface area contributed by atoms with Gasteiger partial charge < -0.3 is 14.8 Å². The van der Waals surface area contributed by atoms with Crippen LogP contribution >= 0.6 is 0 Å². The number of hydrogen-bond donors (Lipinski definition) is 1. The van der Waals surface area contributed by atoms with Gasteiger partial charge in [-0.1, -0.05) is 0 Å². The van der Waals surface area contributed by atoms with E-state index in [0.29, 0.717) is 6.54 Å². The number of carbonyl (C=O) groups excluding carboxylic acids is 2. The van der Waals surface area contributed by atoms with Crippen LogP contribution in [0.4, 0.5) is 0 Å². The molecule has 0 aromatic carbocycles. The summed E-state index contributed by atoms with van der Waals surface area (Å²) < 4.78 is 9.42. The largest absolute Gasteiger partial charge is 0.469 e. The summed E-state index contributed by atoms with van der Waals surface area (Å²) in [5, 5.41) is 2.59. The Morgan fingerprint density at radius 3 is 2.77 bits per heavy atom. The first-order valence-electron chi connectivity index (χ1n) is 4.17. The standard InChI is InChI=1S/C8H13NO4/c1-12-8(11)4-7(10)9-5-6-2-3-13-6/h6H,2-5H2,1H3,(H,9,10). The van der Waals surface area contributed by atoms with Crippen molar-refractivity contribution in [1.29, 1.82) is 0 Å². The van der Waals surface area contributed by atoms with Crippen molar-refractivity contribution in [3.63, 3.8) is 0 Å². The number of ether oxygens (including phenoxy) is 2. The quantitative estimate of drug-likeness (QED) is 0.474. The van der Waals surface area contributed by atoms with Crippen molar-refractivity contribution < 1.29 is 19.1 Å². The maximum Gasteiger partial charge on any atom is 0.315 e. The average Bonchev–Trinajstić information content (AvgIpc) is 2.01. The molecule has 0 bridgehead atoms. The third-order valence-electron chi connectivity index (χ3n) is 1.85. The van der Waals surface area contributed by atoms with Gasteiger partial charge in [0.1, 0.15) is 6.42 Å². The maximum absolute atomic E-state index is 11.0. The molecular formula is C8H13NO4. The summed E-state index contributed by atoms with van der Waals surface area (Å²) in [4.78, 5) is 21.6. The van der Waals surface area contributed by atoms with Gasteiger partial charge in [0, 0.05) is 13.2 Å². The van der Waals surface area contributed by atoms with E-state index in [0.717, 1.165) is 13.0 Å². The number of nitrogens with one attached hydrogen (secondary N) is 1. The van der Waals surface area contributed by atoms with Crippen molar-refractivity contribution >= 4 is 11.9 Å². The fourth-order valence-corrected chi connectivity index (χ4v) is 0.939. The van der Waals surface area contributed by atoms with Gasteiger partial charge in [-0.3, -0.25) is 9.59 Å². The number of amides is 1. The molecule has 0 spiro atoms. The molecule has 0 radical (unpaired) electrons. The van der Waals surface area contributed by atoms with Crippen molar-refractivity contribution in [3.8, 4) is 0 Å². The van der Waals surface area contributed by atoms with Gasteiger partial charge in [0.15, 0.2) is 0 Å². The minimum Gasteiger partial charge on any atom is -0.469 e. The van der Waals surface area contributed by atoms with E-state index in [-0.39, 0.29) is 18.4 Å². The number of methoxy groups -OCH3 is 1. The third kappa shape index (κ3) is 3.42. The van der Waals surface area contributed by atoms with Crippen molar-refractivity contribution in [2.24, 2.45) is 0 Å². The van der Waals surface area contributed by atoms with Crippen LogP contribution in [0.25, 0.3) is 0 Å². The van der Waals surface area contributed by atoms with Gasteiger partial charge in [-0.05, 0) is 6.42 Å². The fraction of sp³-hybridized carbons (Fsp3) is 0.750. The van der Waals surface area contributed by atoms with Crippen LogP contribution < -0.4 is 5.32 Å². The van der Waals surface area contributed by atoms with Gasteiger partial charge in [0.2, 0.25) is 5.91 Å². The molecule has 5 heteroatoms. The monoisotopic (exact) mass is 187 g/mol. The normalized spacial score (nSPS) is 20.2. The van der Waals surface area contributed by atoms with E-state index < -0.39 is 5.97 Å². The number of esters is 1. The highest BCUT2D eigenvalue weighted by molar-refractivity contribution is 5.94. The minimum absolute atomic E-state index is 0.126. The summed E-state index contributed by atoms with van der Waals surface area (Å²) in [6.45, 7) is 1.24. The number of carbonyl (C=O) groups is 2. The van der Waals surface area contributed by atoms with Crippen LogP contribution in [0.5, 0.6) is 0 Å². The lowest BCUT2D eigenvalue weighted by Gasteiger charge is -2.26. The van der Waals surface area contributed by atoms with E-state index in [1.807, 2.05) is 0 Å². The first kappa shape index (κ1) is 9.98. The van der Waals surface area contributed by atoms with Crippen LogP contribution in [-0.2, 0) is 19.1 Å². The highest BCUT2D eigenvalue weighted by Crippen LogP contribution is 2.08. The van der Waals surface area contributed by atoms with Crippen molar-refractivity contribution in [2.75, 3.05) is 20.3 Å². The Labute approximate surface area is 76.4 Å². The Kier molecular flexibility index (Phi) is 3.70. The van der Waals surface area contributed by atoms with E-state index in [1.165, 1.54) is 7.11 Å². The zero-order valence-electron chi connectivity index (χ0n) is 7.54. The summed E-state index contributed by atoms with van der Waals surface area (Å²) in [5.74, 6) is -0.839. The van der Waals surface area contributed by atoms with Crippen LogP contribution in [0.3, 0.4) is 0 Å². The molecule has 1 aliphatic heterocycles. The molecule has 1 saturated heterocycles. The molecule has 1 unspecified atom stereocenters. The van der Waals surface area contributed by atoms with Crippen molar-refractivity contribution in [3.05, 3.63) is 0 Å². The van der Waals surface area contributed by atoms with E-state index in [2.05, 4.69) is 10.1 Å². The molecule has 0 aromatic rings. The second-order valence-electron chi connectivity index (χ2n) is 2.84. The van der Waals surface area contributed by atoms with E-state index >= 15 is 0 Å². The summed E-state index contributed by atoms with van der Waals surface area (Å²) >= 11 is 0. The predicted molar refractivity (Wildman–Crippen MR) is 44.0 cm³/mol. The Balaban J connectivity index is 2.06. The van der Waals surface area contributed by atoms with Gasteiger partial charge in [-0.2, -0.15) is 0 Å². The second-order valence-corrected chi connectivity index (χ2v) is 2.84. The molecule has 0 saturated carbocycles. The molecule has 5 nitrogen and oxygen atoms in total. The van der Waals surface area contributed by atoms with E-state index in [1.54, 1.807) is 0 Å². The molecule has 1 atom stereocenters. The Morgan fingerprint density at radius 1 is 1.62 bits per heavy atom. The highest BCUT2D eigenvalue weighted by Gasteiger charge is 2.19. The van der Waals surface area contributed by atoms with Crippen LogP contribution in [0.2, 0.25) is 0 Å². The van der Waals surface area contributed by atoms with Crippen LogP contribution in [-0.4, -0.2) is 38.2 Å². The lowest BCUT2D eigenvalue weighted by Crippen LogP contribution is -2.40. The van der Waals surface area contributed by atoms with Crippen LogP contribution in [0.15, 0.2) is 0 Å².